The quantitative estimate of drug-likeness (QED) is 0.817. The van der Waals surface area contributed by atoms with E-state index in [2.05, 4.69) is 30.7 Å². The Labute approximate surface area is 127 Å². The van der Waals surface area contributed by atoms with E-state index >= 15 is 0 Å². The van der Waals surface area contributed by atoms with Crippen LogP contribution in [0.5, 0.6) is 0 Å². The van der Waals surface area contributed by atoms with Crippen LogP contribution in [0, 0.1) is 17.8 Å². The zero-order valence-electron chi connectivity index (χ0n) is 13.1. The van der Waals surface area contributed by atoms with Gasteiger partial charge in [-0.2, -0.15) is 0 Å². The van der Waals surface area contributed by atoms with Gasteiger partial charge in [-0.1, -0.05) is 38.5 Å². The number of rotatable bonds is 6. The Balaban J connectivity index is 3.00. The predicted octanol–water partition coefficient (Wildman–Crippen LogP) is 2.32. The first kappa shape index (κ1) is 17.2. The van der Waals surface area contributed by atoms with Crippen LogP contribution in [0.1, 0.15) is 49.7 Å². The maximum absolute atomic E-state index is 12.7. The van der Waals surface area contributed by atoms with Crippen molar-refractivity contribution in [3.63, 3.8) is 0 Å². The van der Waals surface area contributed by atoms with Gasteiger partial charge < -0.3 is 10.0 Å². The van der Waals surface area contributed by atoms with E-state index in [0.29, 0.717) is 23.7 Å². The van der Waals surface area contributed by atoms with Crippen molar-refractivity contribution in [3.05, 3.63) is 29.6 Å². The van der Waals surface area contributed by atoms with Gasteiger partial charge >= 0.3 is 0 Å². The molecule has 0 fully saturated rings. The molecule has 4 nitrogen and oxygen atoms in total. The van der Waals surface area contributed by atoms with E-state index in [0.717, 1.165) is 19.4 Å². The van der Waals surface area contributed by atoms with E-state index in [1.807, 2.05) is 11.8 Å². The normalized spacial score (nSPS) is 10.1. The molecule has 1 N–H and O–H groups in total. The summed E-state index contributed by atoms with van der Waals surface area (Å²) in [5.74, 6) is 5.78. The molecule has 0 saturated carbocycles. The number of aliphatic hydroxyl groups excluding tert-OH is 1. The molecule has 114 valence electrons. The summed E-state index contributed by atoms with van der Waals surface area (Å²) in [5, 5.41) is 8.81. The minimum Gasteiger partial charge on any atom is -0.384 e. The molecule has 0 unspecified atom stereocenters. The summed E-state index contributed by atoms with van der Waals surface area (Å²) in [5.41, 5.74) is 0.936. The molecule has 1 heterocycles. The number of carbonyl (C=O) groups excluding carboxylic acids is 1. The predicted molar refractivity (Wildman–Crippen MR) is 83.9 cm³/mol. The second-order valence-electron chi connectivity index (χ2n) is 4.89. The molecule has 1 rings (SSSR count). The highest BCUT2D eigenvalue weighted by Gasteiger charge is 2.20. The fourth-order valence-electron chi connectivity index (χ4n) is 2.18. The molecule has 0 radical (unpaired) electrons. The zero-order valence-corrected chi connectivity index (χ0v) is 13.1. The Bertz CT molecular complexity index is 513. The first-order chi connectivity index (χ1) is 10.2. The highest BCUT2D eigenvalue weighted by atomic mass is 16.2. The van der Waals surface area contributed by atoms with Gasteiger partial charge in [-0.05, 0) is 25.0 Å². The van der Waals surface area contributed by atoms with Gasteiger partial charge in [-0.15, -0.1) is 0 Å². The molecule has 0 aliphatic heterocycles. The van der Waals surface area contributed by atoms with Crippen molar-refractivity contribution in [1.82, 2.24) is 9.88 Å². The molecule has 0 bridgehead atoms. The fourth-order valence-corrected chi connectivity index (χ4v) is 2.18. The SMILES string of the molecule is CCC(CC)CN(CC)C(=O)c1ncccc1C#CCO. The monoisotopic (exact) mass is 288 g/mol. The van der Waals surface area contributed by atoms with Gasteiger partial charge in [0.1, 0.15) is 12.3 Å². The highest BCUT2D eigenvalue weighted by Crippen LogP contribution is 2.13. The molecule has 0 aliphatic rings. The van der Waals surface area contributed by atoms with Crippen LogP contribution in [0.2, 0.25) is 0 Å². The van der Waals surface area contributed by atoms with Crippen LogP contribution in [0.3, 0.4) is 0 Å². The van der Waals surface area contributed by atoms with Crippen molar-refractivity contribution in [2.24, 2.45) is 5.92 Å². The largest absolute Gasteiger partial charge is 0.384 e. The topological polar surface area (TPSA) is 53.4 Å². The summed E-state index contributed by atoms with van der Waals surface area (Å²) in [7, 11) is 0. The molecule has 1 amide bonds. The number of hydrogen-bond acceptors (Lipinski definition) is 3. The Morgan fingerprint density at radius 3 is 2.67 bits per heavy atom. The van der Waals surface area contributed by atoms with E-state index in [1.165, 1.54) is 0 Å². The summed E-state index contributed by atoms with van der Waals surface area (Å²) in [6, 6.07) is 3.50. The van der Waals surface area contributed by atoms with Crippen molar-refractivity contribution in [2.75, 3.05) is 19.7 Å². The van der Waals surface area contributed by atoms with Crippen molar-refractivity contribution >= 4 is 5.91 Å². The number of aliphatic hydroxyl groups is 1. The van der Waals surface area contributed by atoms with Crippen LogP contribution in [-0.4, -0.2) is 40.6 Å². The van der Waals surface area contributed by atoms with Crippen LogP contribution in [0.4, 0.5) is 0 Å². The van der Waals surface area contributed by atoms with Crippen molar-refractivity contribution < 1.29 is 9.90 Å². The number of amides is 1. The molecule has 1 aromatic rings. The molecule has 1 aromatic heterocycles. The van der Waals surface area contributed by atoms with Crippen molar-refractivity contribution in [2.45, 2.75) is 33.6 Å². The molecule has 0 aromatic carbocycles. The lowest BCUT2D eigenvalue weighted by Gasteiger charge is -2.25. The van der Waals surface area contributed by atoms with Gasteiger partial charge in [0.05, 0.1) is 5.56 Å². The molecule has 21 heavy (non-hydrogen) atoms. The second-order valence-corrected chi connectivity index (χ2v) is 4.89. The van der Waals surface area contributed by atoms with Crippen LogP contribution < -0.4 is 0 Å². The van der Waals surface area contributed by atoms with Crippen LogP contribution in [-0.2, 0) is 0 Å². The average Bonchev–Trinajstić information content (AvgIpc) is 2.54. The van der Waals surface area contributed by atoms with E-state index in [9.17, 15) is 4.79 Å². The van der Waals surface area contributed by atoms with Gasteiger partial charge in [0.25, 0.3) is 5.91 Å². The average molecular weight is 288 g/mol. The van der Waals surface area contributed by atoms with Crippen LogP contribution in [0.15, 0.2) is 18.3 Å². The van der Waals surface area contributed by atoms with E-state index in [1.54, 1.807) is 18.3 Å². The van der Waals surface area contributed by atoms with Gasteiger partial charge in [-0.3, -0.25) is 4.79 Å². The molecule has 0 saturated heterocycles. The Morgan fingerprint density at radius 1 is 1.38 bits per heavy atom. The maximum atomic E-state index is 12.7. The number of pyridine rings is 1. The summed E-state index contributed by atoms with van der Waals surface area (Å²) in [6.45, 7) is 7.43. The fraction of sp³-hybridized carbons (Fsp3) is 0.529. The van der Waals surface area contributed by atoms with E-state index < -0.39 is 0 Å². The summed E-state index contributed by atoms with van der Waals surface area (Å²) >= 11 is 0. The smallest absolute Gasteiger partial charge is 0.273 e. The second kappa shape index (κ2) is 9.15. The lowest BCUT2D eigenvalue weighted by atomic mass is 10.0. The van der Waals surface area contributed by atoms with Crippen molar-refractivity contribution in [1.29, 1.82) is 0 Å². The van der Waals surface area contributed by atoms with Gasteiger partial charge in [0.15, 0.2) is 0 Å². The van der Waals surface area contributed by atoms with Gasteiger partial charge in [0.2, 0.25) is 0 Å². The summed E-state index contributed by atoms with van der Waals surface area (Å²) in [4.78, 5) is 18.7. The Morgan fingerprint density at radius 2 is 2.10 bits per heavy atom. The van der Waals surface area contributed by atoms with E-state index in [-0.39, 0.29) is 12.5 Å². The Hall–Kier alpha value is -1.86. The maximum Gasteiger partial charge on any atom is 0.273 e. The standard InChI is InChI=1S/C17H24N2O2/c1-4-14(5-2)13-19(6-3)17(21)16-15(10-8-12-20)9-7-11-18-16/h7,9,11,14,20H,4-6,12-13H2,1-3H3. The molecule has 0 atom stereocenters. The third-order valence-electron chi connectivity index (χ3n) is 3.61. The third kappa shape index (κ3) is 4.87. The molecule has 0 spiro atoms. The highest BCUT2D eigenvalue weighted by molar-refractivity contribution is 5.94. The lowest BCUT2D eigenvalue weighted by Crippen LogP contribution is -2.36. The number of carbonyl (C=O) groups is 1. The van der Waals surface area contributed by atoms with Crippen LogP contribution >= 0.6 is 0 Å². The summed E-state index contributed by atoms with van der Waals surface area (Å²) in [6.07, 6.45) is 3.71. The molecular weight excluding hydrogens is 264 g/mol. The van der Waals surface area contributed by atoms with E-state index in [4.69, 9.17) is 5.11 Å². The number of nitrogens with zero attached hydrogens (tertiary/aromatic N) is 2. The van der Waals surface area contributed by atoms with Gasteiger partial charge in [-0.25, -0.2) is 4.98 Å². The first-order valence-corrected chi connectivity index (χ1v) is 7.51. The zero-order chi connectivity index (χ0) is 15.7. The molecule has 0 aliphatic carbocycles. The minimum atomic E-state index is -0.228. The van der Waals surface area contributed by atoms with Crippen LogP contribution in [0.25, 0.3) is 0 Å². The lowest BCUT2D eigenvalue weighted by molar-refractivity contribution is 0.0728. The number of hydrogen-bond donors (Lipinski definition) is 1. The minimum absolute atomic E-state index is 0.0905. The first-order valence-electron chi connectivity index (χ1n) is 7.51. The Kier molecular flexibility index (Phi) is 7.49. The summed E-state index contributed by atoms with van der Waals surface area (Å²) < 4.78 is 0. The third-order valence-corrected chi connectivity index (χ3v) is 3.61. The van der Waals surface area contributed by atoms with Crippen molar-refractivity contribution in [3.8, 4) is 11.8 Å². The molecular formula is C17H24N2O2. The number of aromatic nitrogens is 1. The molecule has 4 heteroatoms. The van der Waals surface area contributed by atoms with Gasteiger partial charge in [0, 0.05) is 19.3 Å².